The van der Waals surface area contributed by atoms with Gasteiger partial charge < -0.3 is 0 Å². The fraction of sp³-hybridized carbons (Fsp3) is 0.0213. The molecule has 0 radical (unpaired) electrons. The Morgan fingerprint density at radius 2 is 0.804 bits per heavy atom. The van der Waals surface area contributed by atoms with Gasteiger partial charge in [0.1, 0.15) is 0 Å². The molecule has 0 saturated heterocycles. The summed E-state index contributed by atoms with van der Waals surface area (Å²) in [5, 5.41) is 2.20. The number of pyridine rings is 2. The number of aromatic nitrogens is 4. The van der Waals surface area contributed by atoms with Crippen LogP contribution in [-0.2, 0) is 0 Å². The van der Waals surface area contributed by atoms with Crippen molar-refractivity contribution in [3.63, 3.8) is 0 Å². The van der Waals surface area contributed by atoms with E-state index in [1.807, 2.05) is 42.5 Å². The summed E-state index contributed by atoms with van der Waals surface area (Å²) in [5.41, 5.74) is 14.1. The minimum atomic E-state index is 0.695. The molecule has 51 heavy (non-hydrogen) atoms. The molecule has 0 bridgehead atoms. The lowest BCUT2D eigenvalue weighted by Crippen LogP contribution is -1.96. The standard InChI is InChI=1S/C47H32N4/c1-31-28-42(33-12-5-2-6-13-33)49-46-40(31)26-24-37-25-27-41(48-45(37)46)36-22-20-32(21-23-36)38-18-11-19-39(29-38)47-50-43(34-14-7-3-8-15-34)30-44(51-47)35-16-9-4-10-17-35/h2-30H,1H3. The number of hydrogen-bond donors (Lipinski definition) is 0. The monoisotopic (exact) mass is 652 g/mol. The molecule has 4 nitrogen and oxygen atoms in total. The fourth-order valence-corrected chi connectivity index (χ4v) is 6.72. The quantitative estimate of drug-likeness (QED) is 0.168. The molecule has 6 aromatic carbocycles. The highest BCUT2D eigenvalue weighted by molar-refractivity contribution is 6.05. The number of nitrogens with zero attached hydrogens (tertiary/aromatic N) is 4. The van der Waals surface area contributed by atoms with Gasteiger partial charge in [-0.1, -0.05) is 152 Å². The lowest BCUT2D eigenvalue weighted by Gasteiger charge is -2.11. The Balaban J connectivity index is 1.07. The maximum Gasteiger partial charge on any atom is 0.160 e. The first-order chi connectivity index (χ1) is 25.2. The zero-order valence-corrected chi connectivity index (χ0v) is 28.0. The van der Waals surface area contributed by atoms with Crippen LogP contribution >= 0.6 is 0 Å². The molecule has 0 spiro atoms. The van der Waals surface area contributed by atoms with Crippen LogP contribution in [0.5, 0.6) is 0 Å². The lowest BCUT2D eigenvalue weighted by molar-refractivity contribution is 1.18. The molecule has 3 aromatic heterocycles. The van der Waals surface area contributed by atoms with Crippen molar-refractivity contribution in [1.82, 2.24) is 19.9 Å². The summed E-state index contributed by atoms with van der Waals surface area (Å²) >= 11 is 0. The van der Waals surface area contributed by atoms with Crippen LogP contribution in [0.1, 0.15) is 5.56 Å². The summed E-state index contributed by atoms with van der Waals surface area (Å²) in [6, 6.07) is 60.8. The van der Waals surface area contributed by atoms with Crippen LogP contribution < -0.4 is 0 Å². The molecule has 0 fully saturated rings. The van der Waals surface area contributed by atoms with Crippen LogP contribution in [0.25, 0.3) is 89.4 Å². The molecule has 0 amide bonds. The van der Waals surface area contributed by atoms with Crippen molar-refractivity contribution in [2.45, 2.75) is 6.92 Å². The van der Waals surface area contributed by atoms with E-state index in [1.54, 1.807) is 0 Å². The number of hydrogen-bond acceptors (Lipinski definition) is 4. The van der Waals surface area contributed by atoms with Crippen molar-refractivity contribution in [3.8, 4) is 67.5 Å². The lowest BCUT2D eigenvalue weighted by atomic mass is 9.99. The first kappa shape index (κ1) is 30.3. The Morgan fingerprint density at radius 1 is 0.314 bits per heavy atom. The molecule has 9 rings (SSSR count). The topological polar surface area (TPSA) is 51.6 Å². The van der Waals surface area contributed by atoms with Crippen molar-refractivity contribution >= 4 is 21.8 Å². The molecule has 0 atom stereocenters. The Labute approximate surface area is 296 Å². The van der Waals surface area contributed by atoms with Gasteiger partial charge in [-0.05, 0) is 47.9 Å². The Hall–Kier alpha value is -6.78. The van der Waals surface area contributed by atoms with Gasteiger partial charge in [0.05, 0.1) is 33.8 Å². The van der Waals surface area contributed by atoms with Gasteiger partial charge in [-0.15, -0.1) is 0 Å². The molecule has 0 unspecified atom stereocenters. The fourth-order valence-electron chi connectivity index (χ4n) is 6.72. The van der Waals surface area contributed by atoms with Gasteiger partial charge in [-0.2, -0.15) is 0 Å². The van der Waals surface area contributed by atoms with E-state index in [0.29, 0.717) is 5.82 Å². The van der Waals surface area contributed by atoms with E-state index < -0.39 is 0 Å². The van der Waals surface area contributed by atoms with Crippen molar-refractivity contribution in [2.24, 2.45) is 0 Å². The van der Waals surface area contributed by atoms with E-state index in [0.717, 1.165) is 83.5 Å². The Kier molecular flexibility index (Phi) is 7.67. The van der Waals surface area contributed by atoms with Crippen LogP contribution in [0.15, 0.2) is 176 Å². The van der Waals surface area contributed by atoms with E-state index >= 15 is 0 Å². The van der Waals surface area contributed by atoms with Crippen molar-refractivity contribution in [1.29, 1.82) is 0 Å². The van der Waals surface area contributed by atoms with Gasteiger partial charge in [0, 0.05) is 38.6 Å². The minimum Gasteiger partial charge on any atom is -0.245 e. The normalized spacial score (nSPS) is 11.2. The van der Waals surface area contributed by atoms with E-state index in [2.05, 4.69) is 140 Å². The molecule has 240 valence electrons. The van der Waals surface area contributed by atoms with Gasteiger partial charge >= 0.3 is 0 Å². The molecule has 3 heterocycles. The maximum atomic E-state index is 5.19. The number of aryl methyl sites for hydroxylation is 1. The zero-order chi connectivity index (χ0) is 34.1. The van der Waals surface area contributed by atoms with Crippen LogP contribution in [0.4, 0.5) is 0 Å². The van der Waals surface area contributed by atoms with E-state index in [1.165, 1.54) is 5.56 Å². The Bertz CT molecular complexity index is 2610. The van der Waals surface area contributed by atoms with Crippen molar-refractivity contribution in [3.05, 3.63) is 181 Å². The van der Waals surface area contributed by atoms with E-state index in [-0.39, 0.29) is 0 Å². The molecule has 0 N–H and O–H groups in total. The summed E-state index contributed by atoms with van der Waals surface area (Å²) < 4.78 is 0. The second-order valence-corrected chi connectivity index (χ2v) is 12.8. The molecular weight excluding hydrogens is 621 g/mol. The molecule has 0 aliphatic rings. The number of fused-ring (bicyclic) bond motifs is 3. The second kappa shape index (κ2) is 12.9. The molecule has 0 saturated carbocycles. The van der Waals surface area contributed by atoms with Crippen LogP contribution in [0.2, 0.25) is 0 Å². The summed E-state index contributed by atoms with van der Waals surface area (Å²) in [6.45, 7) is 2.15. The minimum absolute atomic E-state index is 0.695. The molecule has 0 aliphatic carbocycles. The van der Waals surface area contributed by atoms with Crippen LogP contribution in [0, 0.1) is 6.92 Å². The zero-order valence-electron chi connectivity index (χ0n) is 28.0. The van der Waals surface area contributed by atoms with Gasteiger partial charge in [-0.3, -0.25) is 0 Å². The first-order valence-corrected chi connectivity index (χ1v) is 17.1. The smallest absolute Gasteiger partial charge is 0.160 e. The van der Waals surface area contributed by atoms with Gasteiger partial charge in [0.15, 0.2) is 5.82 Å². The summed E-state index contributed by atoms with van der Waals surface area (Å²) in [4.78, 5) is 20.4. The highest BCUT2D eigenvalue weighted by Gasteiger charge is 2.13. The molecule has 4 heteroatoms. The SMILES string of the molecule is Cc1cc(-c2ccccc2)nc2c1ccc1ccc(-c3ccc(-c4cccc(-c5nc(-c6ccccc6)cc(-c6ccccc6)n5)c4)cc3)nc12. The first-order valence-electron chi connectivity index (χ1n) is 17.1. The average molecular weight is 653 g/mol. The summed E-state index contributed by atoms with van der Waals surface area (Å²) in [7, 11) is 0. The molecule has 9 aromatic rings. The van der Waals surface area contributed by atoms with Gasteiger partial charge in [-0.25, -0.2) is 19.9 Å². The van der Waals surface area contributed by atoms with Crippen molar-refractivity contribution in [2.75, 3.05) is 0 Å². The van der Waals surface area contributed by atoms with Gasteiger partial charge in [0.2, 0.25) is 0 Å². The third-order valence-corrected chi connectivity index (χ3v) is 9.42. The number of rotatable bonds is 6. The predicted molar refractivity (Wildman–Crippen MR) is 210 cm³/mol. The van der Waals surface area contributed by atoms with Crippen LogP contribution in [0.3, 0.4) is 0 Å². The summed E-state index contributed by atoms with van der Waals surface area (Å²) in [5.74, 6) is 0.695. The van der Waals surface area contributed by atoms with E-state index in [4.69, 9.17) is 19.9 Å². The van der Waals surface area contributed by atoms with Crippen LogP contribution in [-0.4, -0.2) is 19.9 Å². The maximum absolute atomic E-state index is 5.19. The van der Waals surface area contributed by atoms with Gasteiger partial charge in [0.25, 0.3) is 0 Å². The average Bonchev–Trinajstić information content (AvgIpc) is 3.21. The molecule has 0 aliphatic heterocycles. The van der Waals surface area contributed by atoms with E-state index in [9.17, 15) is 0 Å². The van der Waals surface area contributed by atoms with Crippen molar-refractivity contribution < 1.29 is 0 Å². The molecular formula is C47H32N4. The largest absolute Gasteiger partial charge is 0.245 e. The Morgan fingerprint density at radius 3 is 1.43 bits per heavy atom. The predicted octanol–water partition coefficient (Wildman–Crippen LogP) is 11.9. The highest BCUT2D eigenvalue weighted by Crippen LogP contribution is 2.33. The number of benzene rings is 6. The highest BCUT2D eigenvalue weighted by atomic mass is 14.9. The second-order valence-electron chi connectivity index (χ2n) is 12.8. The third kappa shape index (κ3) is 5.94. The third-order valence-electron chi connectivity index (χ3n) is 9.42. The summed E-state index contributed by atoms with van der Waals surface area (Å²) in [6.07, 6.45) is 0.